The molecule has 0 spiro atoms. The molecule has 1 aromatic heterocycles. The fourth-order valence-electron chi connectivity index (χ4n) is 2.87. The van der Waals surface area contributed by atoms with Crippen molar-refractivity contribution in [2.24, 2.45) is 5.92 Å². The maximum atomic E-state index is 12.0. The number of carbonyl (C=O) groups excluding carboxylic acids is 1. The van der Waals surface area contributed by atoms with Crippen LogP contribution in [0, 0.1) is 5.92 Å². The molecule has 27 heavy (non-hydrogen) atoms. The van der Waals surface area contributed by atoms with E-state index in [0.29, 0.717) is 24.0 Å². The van der Waals surface area contributed by atoms with E-state index in [4.69, 9.17) is 0 Å². The number of aromatic nitrogens is 2. The molecular formula is C20H28N6O. The van der Waals surface area contributed by atoms with Crippen LogP contribution in [0.4, 0.5) is 17.2 Å². The molecule has 2 N–H and O–H groups in total. The first-order valence-electron chi connectivity index (χ1n) is 9.42. The quantitative estimate of drug-likeness (QED) is 0.815. The van der Waals surface area contributed by atoms with E-state index in [9.17, 15) is 4.79 Å². The van der Waals surface area contributed by atoms with Crippen molar-refractivity contribution in [1.82, 2.24) is 20.2 Å². The van der Waals surface area contributed by atoms with Crippen molar-refractivity contribution in [2.75, 3.05) is 50.0 Å². The zero-order valence-electron chi connectivity index (χ0n) is 16.3. The lowest BCUT2D eigenvalue weighted by Crippen LogP contribution is -2.44. The number of nitrogens with zero attached hydrogens (tertiary/aromatic N) is 4. The summed E-state index contributed by atoms with van der Waals surface area (Å²) in [6.07, 6.45) is 3.08. The first-order valence-corrected chi connectivity index (χ1v) is 9.42. The maximum absolute atomic E-state index is 12.0. The van der Waals surface area contributed by atoms with E-state index >= 15 is 0 Å². The highest BCUT2D eigenvalue weighted by Crippen LogP contribution is 2.21. The van der Waals surface area contributed by atoms with Gasteiger partial charge in [-0.15, -0.1) is 0 Å². The van der Waals surface area contributed by atoms with Crippen molar-refractivity contribution in [3.05, 3.63) is 42.4 Å². The van der Waals surface area contributed by atoms with Gasteiger partial charge >= 0.3 is 0 Å². The monoisotopic (exact) mass is 368 g/mol. The predicted octanol–water partition coefficient (Wildman–Crippen LogP) is 2.36. The number of anilines is 3. The van der Waals surface area contributed by atoms with Crippen LogP contribution in [-0.4, -0.2) is 60.5 Å². The lowest BCUT2D eigenvalue weighted by molar-refractivity contribution is 0.0943. The molecule has 1 amide bonds. The van der Waals surface area contributed by atoms with Crippen molar-refractivity contribution in [2.45, 2.75) is 13.8 Å². The minimum Gasteiger partial charge on any atom is -0.369 e. The molecular weight excluding hydrogens is 340 g/mol. The van der Waals surface area contributed by atoms with E-state index < -0.39 is 0 Å². The Bertz CT molecular complexity index is 736. The summed E-state index contributed by atoms with van der Waals surface area (Å²) in [7, 11) is 2.16. The molecule has 0 bridgehead atoms. The third-order valence-electron chi connectivity index (χ3n) is 4.56. The summed E-state index contributed by atoms with van der Waals surface area (Å²) in [5, 5.41) is 6.06. The Morgan fingerprint density at radius 2 is 1.78 bits per heavy atom. The summed E-state index contributed by atoms with van der Waals surface area (Å²) >= 11 is 0. The molecule has 0 unspecified atom stereocenters. The zero-order chi connectivity index (χ0) is 19.2. The molecule has 144 valence electrons. The molecule has 1 saturated heterocycles. The predicted molar refractivity (Wildman–Crippen MR) is 109 cm³/mol. The van der Waals surface area contributed by atoms with E-state index in [0.717, 1.165) is 31.9 Å². The SMILES string of the molecule is CC(C)CNC(=O)c1cnc(Nc2ccc(N3CCN(C)CC3)cc2)cn1. The van der Waals surface area contributed by atoms with Crippen LogP contribution in [0.2, 0.25) is 0 Å². The molecule has 7 nitrogen and oxygen atoms in total. The Labute approximate surface area is 160 Å². The molecule has 2 heterocycles. The van der Waals surface area contributed by atoms with Gasteiger partial charge in [0.1, 0.15) is 11.5 Å². The topological polar surface area (TPSA) is 73.4 Å². The van der Waals surface area contributed by atoms with Gasteiger partial charge in [-0.05, 0) is 37.2 Å². The average Bonchev–Trinajstić information content (AvgIpc) is 2.68. The molecule has 0 saturated carbocycles. The largest absolute Gasteiger partial charge is 0.369 e. The molecule has 1 aliphatic rings. The highest BCUT2D eigenvalue weighted by Gasteiger charge is 2.14. The summed E-state index contributed by atoms with van der Waals surface area (Å²) in [6.45, 7) is 9.01. The molecule has 3 rings (SSSR count). The van der Waals surface area contributed by atoms with Crippen LogP contribution in [0.3, 0.4) is 0 Å². The maximum Gasteiger partial charge on any atom is 0.271 e. The van der Waals surface area contributed by atoms with Crippen LogP contribution in [-0.2, 0) is 0 Å². The van der Waals surface area contributed by atoms with Crippen LogP contribution < -0.4 is 15.5 Å². The van der Waals surface area contributed by atoms with Crippen LogP contribution >= 0.6 is 0 Å². The van der Waals surface area contributed by atoms with Gasteiger partial charge in [-0.1, -0.05) is 13.8 Å². The van der Waals surface area contributed by atoms with E-state index in [-0.39, 0.29) is 5.91 Å². The van der Waals surface area contributed by atoms with Crippen molar-refractivity contribution in [3.8, 4) is 0 Å². The average molecular weight is 368 g/mol. The molecule has 1 aliphatic heterocycles. The molecule has 0 atom stereocenters. The fraction of sp³-hybridized carbons (Fsp3) is 0.450. The third kappa shape index (κ3) is 5.40. The first-order chi connectivity index (χ1) is 13.0. The van der Waals surface area contributed by atoms with Gasteiger partial charge in [0.15, 0.2) is 0 Å². The van der Waals surface area contributed by atoms with E-state index in [1.165, 1.54) is 11.9 Å². The number of nitrogens with one attached hydrogen (secondary N) is 2. The first kappa shape index (κ1) is 19.1. The van der Waals surface area contributed by atoms with Gasteiger partial charge in [0.25, 0.3) is 5.91 Å². The Balaban J connectivity index is 1.56. The number of hydrogen-bond donors (Lipinski definition) is 2. The van der Waals surface area contributed by atoms with Gasteiger partial charge in [0, 0.05) is 44.1 Å². The smallest absolute Gasteiger partial charge is 0.271 e. The second-order valence-electron chi connectivity index (χ2n) is 7.35. The van der Waals surface area contributed by atoms with E-state index in [2.05, 4.69) is 49.6 Å². The van der Waals surface area contributed by atoms with Crippen LogP contribution in [0.1, 0.15) is 24.3 Å². The number of carbonyl (C=O) groups is 1. The zero-order valence-corrected chi connectivity index (χ0v) is 16.3. The van der Waals surface area contributed by atoms with Crippen molar-refractivity contribution >= 4 is 23.1 Å². The summed E-state index contributed by atoms with van der Waals surface area (Å²) in [5.41, 5.74) is 2.50. The molecule has 0 aliphatic carbocycles. The highest BCUT2D eigenvalue weighted by molar-refractivity contribution is 5.92. The highest BCUT2D eigenvalue weighted by atomic mass is 16.1. The summed E-state index contributed by atoms with van der Waals surface area (Å²) in [4.78, 5) is 25.2. The second-order valence-corrected chi connectivity index (χ2v) is 7.35. The summed E-state index contributed by atoms with van der Waals surface area (Å²) in [5.74, 6) is 0.818. The molecule has 2 aromatic rings. The summed E-state index contributed by atoms with van der Waals surface area (Å²) < 4.78 is 0. The van der Waals surface area contributed by atoms with Gasteiger partial charge in [0.2, 0.25) is 0 Å². The number of rotatable bonds is 6. The lowest BCUT2D eigenvalue weighted by atomic mass is 10.2. The number of hydrogen-bond acceptors (Lipinski definition) is 6. The van der Waals surface area contributed by atoms with Gasteiger partial charge < -0.3 is 20.4 Å². The van der Waals surface area contributed by atoms with E-state index in [1.54, 1.807) is 6.20 Å². The van der Waals surface area contributed by atoms with Crippen LogP contribution in [0.5, 0.6) is 0 Å². The third-order valence-corrected chi connectivity index (χ3v) is 4.56. The van der Waals surface area contributed by atoms with Crippen molar-refractivity contribution < 1.29 is 4.79 Å². The molecule has 1 fully saturated rings. The summed E-state index contributed by atoms with van der Waals surface area (Å²) in [6, 6.07) is 8.32. The number of amides is 1. The van der Waals surface area contributed by atoms with Gasteiger partial charge in [0.05, 0.1) is 12.4 Å². The Hall–Kier alpha value is -2.67. The molecule has 7 heteroatoms. The minimum absolute atomic E-state index is 0.195. The van der Waals surface area contributed by atoms with Gasteiger partial charge in [-0.2, -0.15) is 0 Å². The van der Waals surface area contributed by atoms with Crippen molar-refractivity contribution in [1.29, 1.82) is 0 Å². The van der Waals surface area contributed by atoms with Crippen LogP contribution in [0.25, 0.3) is 0 Å². The normalized spacial score (nSPS) is 15.0. The van der Waals surface area contributed by atoms with E-state index in [1.807, 2.05) is 26.0 Å². The Kier molecular flexibility index (Phi) is 6.24. The Morgan fingerprint density at radius 1 is 1.07 bits per heavy atom. The van der Waals surface area contributed by atoms with Gasteiger partial charge in [-0.3, -0.25) is 4.79 Å². The van der Waals surface area contributed by atoms with Crippen LogP contribution in [0.15, 0.2) is 36.7 Å². The fourth-order valence-corrected chi connectivity index (χ4v) is 2.87. The Morgan fingerprint density at radius 3 is 2.37 bits per heavy atom. The second kappa shape index (κ2) is 8.81. The molecule has 1 aromatic carbocycles. The van der Waals surface area contributed by atoms with Crippen molar-refractivity contribution in [3.63, 3.8) is 0 Å². The lowest BCUT2D eigenvalue weighted by Gasteiger charge is -2.34. The number of piperazine rings is 1. The number of benzene rings is 1. The minimum atomic E-state index is -0.195. The standard InChI is InChI=1S/C20H28N6O/c1-15(2)12-23-20(27)18-13-22-19(14-21-18)24-16-4-6-17(7-5-16)26-10-8-25(3)9-11-26/h4-7,13-15H,8-12H2,1-3H3,(H,22,24)(H,23,27). The van der Waals surface area contributed by atoms with Gasteiger partial charge in [-0.25, -0.2) is 9.97 Å². The number of likely N-dealkylation sites (N-methyl/N-ethyl adjacent to an activating group) is 1. The molecule has 0 radical (unpaired) electrons.